The third-order valence-corrected chi connectivity index (χ3v) is 4.09. The molecule has 2 aromatic carbocycles. The predicted octanol–water partition coefficient (Wildman–Crippen LogP) is 2.81. The number of carbonyl (C=O) groups excluding carboxylic acids is 2. The fourth-order valence-corrected chi connectivity index (χ4v) is 2.36. The Morgan fingerprint density at radius 2 is 1.58 bits per heavy atom. The van der Waals surface area contributed by atoms with Gasteiger partial charge >= 0.3 is 5.97 Å². The lowest BCUT2D eigenvalue weighted by atomic mass is 9.83. The summed E-state index contributed by atoms with van der Waals surface area (Å²) >= 11 is 0. The first-order valence-electron chi connectivity index (χ1n) is 8.28. The second kappa shape index (κ2) is 8.29. The Balaban J connectivity index is 1.99. The van der Waals surface area contributed by atoms with Gasteiger partial charge in [0.15, 0.2) is 0 Å². The summed E-state index contributed by atoms with van der Waals surface area (Å²) in [5.74, 6) is -1.47. The third-order valence-electron chi connectivity index (χ3n) is 4.09. The summed E-state index contributed by atoms with van der Waals surface area (Å²) in [6.45, 7) is 3.77. The van der Waals surface area contributed by atoms with Crippen molar-refractivity contribution in [3.63, 3.8) is 0 Å². The van der Waals surface area contributed by atoms with Crippen LogP contribution in [0.2, 0.25) is 0 Å². The van der Waals surface area contributed by atoms with Crippen molar-refractivity contribution in [2.75, 3.05) is 11.9 Å². The molecule has 0 aromatic heterocycles. The van der Waals surface area contributed by atoms with Crippen LogP contribution in [0.1, 0.15) is 36.2 Å². The maximum absolute atomic E-state index is 12.6. The van der Waals surface area contributed by atoms with E-state index in [4.69, 9.17) is 5.11 Å². The van der Waals surface area contributed by atoms with Gasteiger partial charge in [-0.3, -0.25) is 14.4 Å². The minimum absolute atomic E-state index is 0.0674. The Kier molecular flexibility index (Phi) is 6.11. The highest BCUT2D eigenvalue weighted by Crippen LogP contribution is 2.25. The molecule has 6 nitrogen and oxygen atoms in total. The number of hydrogen-bond donors (Lipinski definition) is 3. The van der Waals surface area contributed by atoms with Gasteiger partial charge in [-0.25, -0.2) is 0 Å². The number of carboxylic acid groups (broad SMARTS) is 1. The van der Waals surface area contributed by atoms with Crippen molar-refractivity contribution in [2.45, 2.75) is 25.7 Å². The van der Waals surface area contributed by atoms with Gasteiger partial charge in [0.25, 0.3) is 5.91 Å². The highest BCUT2D eigenvalue weighted by molar-refractivity contribution is 5.99. The van der Waals surface area contributed by atoms with Crippen LogP contribution in [0.15, 0.2) is 54.6 Å². The smallest absolute Gasteiger partial charge is 0.305 e. The average Bonchev–Trinajstić information content (AvgIpc) is 2.62. The van der Waals surface area contributed by atoms with Gasteiger partial charge in [-0.2, -0.15) is 0 Å². The number of aliphatic carboxylic acids is 1. The average molecular weight is 354 g/mol. The van der Waals surface area contributed by atoms with Crippen LogP contribution >= 0.6 is 0 Å². The fraction of sp³-hybridized carbons (Fsp3) is 0.250. The minimum atomic E-state index is -0.968. The van der Waals surface area contributed by atoms with Crippen LogP contribution < -0.4 is 10.6 Å². The maximum Gasteiger partial charge on any atom is 0.305 e. The molecule has 0 saturated carbocycles. The van der Waals surface area contributed by atoms with Crippen molar-refractivity contribution in [2.24, 2.45) is 0 Å². The Bertz CT molecular complexity index is 783. The van der Waals surface area contributed by atoms with Gasteiger partial charge in [0.2, 0.25) is 5.91 Å². The van der Waals surface area contributed by atoms with Crippen LogP contribution in [0.3, 0.4) is 0 Å². The molecule has 0 fully saturated rings. The van der Waals surface area contributed by atoms with E-state index in [0.29, 0.717) is 11.3 Å². The molecule has 6 heteroatoms. The summed E-state index contributed by atoms with van der Waals surface area (Å²) in [7, 11) is 0. The molecule has 3 N–H and O–H groups in total. The zero-order chi connectivity index (χ0) is 19.2. The Hall–Kier alpha value is -3.15. The van der Waals surface area contributed by atoms with Crippen molar-refractivity contribution in [1.29, 1.82) is 0 Å². The summed E-state index contributed by atoms with van der Waals surface area (Å²) in [6, 6.07) is 16.0. The van der Waals surface area contributed by atoms with Crippen molar-refractivity contribution in [1.82, 2.24) is 5.32 Å². The number of hydrogen-bond acceptors (Lipinski definition) is 3. The summed E-state index contributed by atoms with van der Waals surface area (Å²) in [6.07, 6.45) is -0.131. The highest BCUT2D eigenvalue weighted by atomic mass is 16.4. The summed E-state index contributed by atoms with van der Waals surface area (Å²) in [4.78, 5) is 35.0. The van der Waals surface area contributed by atoms with Crippen LogP contribution in [0.5, 0.6) is 0 Å². The standard InChI is InChI=1S/C20H22N2O4/c1-20(2,15-6-4-3-5-7-15)19(26)22-16-10-8-14(9-11-16)18(25)21-13-12-17(23)24/h3-11H,12-13H2,1-2H3,(H,21,25)(H,22,26)(H,23,24). The third kappa shape index (κ3) is 4.92. The van der Waals surface area contributed by atoms with E-state index in [1.54, 1.807) is 24.3 Å². The maximum atomic E-state index is 12.6. The van der Waals surface area contributed by atoms with Crippen molar-refractivity contribution >= 4 is 23.5 Å². The molecular formula is C20H22N2O4. The van der Waals surface area contributed by atoms with Gasteiger partial charge in [0.1, 0.15) is 0 Å². The molecule has 0 radical (unpaired) electrons. The number of amides is 2. The first-order valence-corrected chi connectivity index (χ1v) is 8.28. The van der Waals surface area contributed by atoms with E-state index >= 15 is 0 Å². The minimum Gasteiger partial charge on any atom is -0.481 e. The van der Waals surface area contributed by atoms with E-state index in [0.717, 1.165) is 5.56 Å². The molecule has 0 heterocycles. The SMILES string of the molecule is CC(C)(C(=O)Nc1ccc(C(=O)NCCC(=O)O)cc1)c1ccccc1. The zero-order valence-electron chi connectivity index (χ0n) is 14.8. The van der Waals surface area contributed by atoms with Gasteiger partial charge in [-0.15, -0.1) is 0 Å². The highest BCUT2D eigenvalue weighted by Gasteiger charge is 2.29. The first-order chi connectivity index (χ1) is 12.3. The number of anilines is 1. The quantitative estimate of drug-likeness (QED) is 0.712. The molecule has 2 rings (SSSR count). The van der Waals surface area contributed by atoms with E-state index in [2.05, 4.69) is 10.6 Å². The largest absolute Gasteiger partial charge is 0.481 e. The number of rotatable bonds is 7. The Morgan fingerprint density at radius 1 is 0.962 bits per heavy atom. The van der Waals surface area contributed by atoms with E-state index in [1.807, 2.05) is 44.2 Å². The van der Waals surface area contributed by atoms with Crippen LogP contribution in [-0.2, 0) is 15.0 Å². The zero-order valence-corrected chi connectivity index (χ0v) is 14.8. The van der Waals surface area contributed by atoms with E-state index < -0.39 is 11.4 Å². The fourth-order valence-electron chi connectivity index (χ4n) is 2.36. The normalized spacial score (nSPS) is 10.8. The molecule has 0 unspecified atom stereocenters. The number of nitrogens with one attached hydrogen (secondary N) is 2. The molecule has 0 aliphatic heterocycles. The van der Waals surface area contributed by atoms with Gasteiger partial charge < -0.3 is 15.7 Å². The molecule has 26 heavy (non-hydrogen) atoms. The first kappa shape index (κ1) is 19.2. The van der Waals surface area contributed by atoms with E-state index in [9.17, 15) is 14.4 Å². The van der Waals surface area contributed by atoms with Gasteiger partial charge in [0.05, 0.1) is 11.8 Å². The lowest BCUT2D eigenvalue weighted by Gasteiger charge is -2.24. The lowest BCUT2D eigenvalue weighted by molar-refractivity contribution is -0.136. The molecule has 0 spiro atoms. The second-order valence-corrected chi connectivity index (χ2v) is 6.42. The van der Waals surface area contributed by atoms with Gasteiger partial charge in [-0.05, 0) is 43.7 Å². The van der Waals surface area contributed by atoms with Crippen molar-refractivity contribution < 1.29 is 19.5 Å². The molecule has 0 atom stereocenters. The number of benzene rings is 2. The van der Waals surface area contributed by atoms with Crippen LogP contribution in [0, 0.1) is 0 Å². The lowest BCUT2D eigenvalue weighted by Crippen LogP contribution is -2.34. The number of carboxylic acids is 1. The van der Waals surface area contributed by atoms with Crippen molar-refractivity contribution in [3.8, 4) is 0 Å². The summed E-state index contributed by atoms with van der Waals surface area (Å²) in [5, 5.41) is 14.0. The molecule has 0 saturated heterocycles. The molecule has 0 bridgehead atoms. The van der Waals surface area contributed by atoms with E-state index in [-0.39, 0.29) is 24.8 Å². The molecular weight excluding hydrogens is 332 g/mol. The molecule has 2 amide bonds. The monoisotopic (exact) mass is 354 g/mol. The summed E-state index contributed by atoms with van der Waals surface area (Å²) < 4.78 is 0. The molecule has 2 aromatic rings. The number of carbonyl (C=O) groups is 3. The van der Waals surface area contributed by atoms with E-state index in [1.165, 1.54) is 0 Å². The van der Waals surface area contributed by atoms with Crippen LogP contribution in [0.25, 0.3) is 0 Å². The second-order valence-electron chi connectivity index (χ2n) is 6.42. The molecule has 0 aliphatic carbocycles. The predicted molar refractivity (Wildman–Crippen MR) is 99.1 cm³/mol. The van der Waals surface area contributed by atoms with Gasteiger partial charge in [-0.1, -0.05) is 30.3 Å². The van der Waals surface area contributed by atoms with Crippen LogP contribution in [0.4, 0.5) is 5.69 Å². The molecule has 136 valence electrons. The summed E-state index contributed by atoms with van der Waals surface area (Å²) in [5.41, 5.74) is 1.19. The van der Waals surface area contributed by atoms with Crippen molar-refractivity contribution in [3.05, 3.63) is 65.7 Å². The van der Waals surface area contributed by atoms with Crippen LogP contribution in [-0.4, -0.2) is 29.4 Å². The molecule has 0 aliphatic rings. The Morgan fingerprint density at radius 3 is 2.15 bits per heavy atom. The van der Waals surface area contributed by atoms with Gasteiger partial charge in [0, 0.05) is 17.8 Å². The Labute approximate surface area is 152 Å². The topological polar surface area (TPSA) is 95.5 Å².